The molecule has 1 atom stereocenters. The van der Waals surface area contributed by atoms with Gasteiger partial charge in [-0.1, -0.05) is 12.8 Å². The van der Waals surface area contributed by atoms with E-state index in [1.54, 1.807) is 0 Å². The molecule has 0 unspecified atom stereocenters. The van der Waals surface area contributed by atoms with Gasteiger partial charge in [-0.15, -0.1) is 0 Å². The van der Waals surface area contributed by atoms with E-state index in [0.717, 1.165) is 12.8 Å². The van der Waals surface area contributed by atoms with E-state index in [4.69, 9.17) is 0 Å². The number of hydrogen-bond donors (Lipinski definition) is 1. The van der Waals surface area contributed by atoms with Crippen LogP contribution in [0.4, 0.5) is 13.2 Å². The minimum absolute atomic E-state index is 0.162. The highest BCUT2D eigenvalue weighted by Gasteiger charge is 2.46. The molecule has 2 amide bonds. The van der Waals surface area contributed by atoms with Gasteiger partial charge in [0.25, 0.3) is 0 Å². The Balaban J connectivity index is 1.93. The minimum atomic E-state index is -4.43. The third-order valence-electron chi connectivity index (χ3n) is 4.05. The summed E-state index contributed by atoms with van der Waals surface area (Å²) in [6.45, 7) is 0.185. The first-order chi connectivity index (χ1) is 9.38. The first-order valence-electron chi connectivity index (χ1n) is 7.02. The van der Waals surface area contributed by atoms with Gasteiger partial charge in [-0.2, -0.15) is 13.2 Å². The van der Waals surface area contributed by atoms with Gasteiger partial charge in [-0.3, -0.25) is 9.59 Å². The summed E-state index contributed by atoms with van der Waals surface area (Å²) in [4.78, 5) is 24.4. The molecule has 1 aliphatic carbocycles. The molecule has 0 spiro atoms. The molecule has 2 aliphatic rings. The summed E-state index contributed by atoms with van der Waals surface area (Å²) in [5.41, 5.74) is 0. The molecule has 20 heavy (non-hydrogen) atoms. The second-order valence-corrected chi connectivity index (χ2v) is 5.55. The summed E-state index contributed by atoms with van der Waals surface area (Å²) < 4.78 is 39.1. The number of nitrogens with one attached hydrogen (secondary N) is 1. The topological polar surface area (TPSA) is 49.4 Å². The van der Waals surface area contributed by atoms with E-state index in [0.29, 0.717) is 32.2 Å². The average Bonchev–Trinajstić information content (AvgIpc) is 2.97. The van der Waals surface area contributed by atoms with Crippen LogP contribution in [0.25, 0.3) is 0 Å². The van der Waals surface area contributed by atoms with Crippen LogP contribution < -0.4 is 5.32 Å². The lowest BCUT2D eigenvalue weighted by atomic mass is 9.97. The van der Waals surface area contributed by atoms with Crippen LogP contribution in [0, 0.1) is 5.92 Å². The standard InChI is InChI=1S/C13H19F3N2O2/c14-13(15,16)12(9-4-1-2-5-9)17-10(19)8-18-7-3-6-11(18)20/h9,12H,1-8H2,(H,17,19)/t12-/m1/s1. The molecule has 4 nitrogen and oxygen atoms in total. The van der Waals surface area contributed by atoms with E-state index in [9.17, 15) is 22.8 Å². The molecule has 0 aromatic heterocycles. The zero-order valence-electron chi connectivity index (χ0n) is 11.2. The number of carbonyl (C=O) groups excluding carboxylic acids is 2. The van der Waals surface area contributed by atoms with Gasteiger partial charge < -0.3 is 10.2 Å². The minimum Gasteiger partial charge on any atom is -0.343 e. The second kappa shape index (κ2) is 6.01. The predicted octanol–water partition coefficient (Wildman–Crippen LogP) is 1.85. The van der Waals surface area contributed by atoms with Crippen LogP contribution in [0.5, 0.6) is 0 Å². The number of halogens is 3. The number of carbonyl (C=O) groups is 2. The van der Waals surface area contributed by atoms with Crippen molar-refractivity contribution in [3.8, 4) is 0 Å². The number of alkyl halides is 3. The van der Waals surface area contributed by atoms with Crippen LogP contribution in [0.1, 0.15) is 38.5 Å². The highest BCUT2D eigenvalue weighted by molar-refractivity contribution is 5.86. The quantitative estimate of drug-likeness (QED) is 0.859. The van der Waals surface area contributed by atoms with E-state index in [2.05, 4.69) is 5.32 Å². The van der Waals surface area contributed by atoms with Gasteiger partial charge in [0, 0.05) is 13.0 Å². The van der Waals surface area contributed by atoms with Crippen molar-refractivity contribution in [2.24, 2.45) is 5.92 Å². The van der Waals surface area contributed by atoms with Crippen LogP contribution in [0.15, 0.2) is 0 Å². The van der Waals surface area contributed by atoms with Gasteiger partial charge in [0.1, 0.15) is 6.04 Å². The van der Waals surface area contributed by atoms with Gasteiger partial charge in [0.15, 0.2) is 0 Å². The lowest BCUT2D eigenvalue weighted by Crippen LogP contribution is -2.52. The van der Waals surface area contributed by atoms with Crippen molar-refractivity contribution in [2.45, 2.75) is 50.7 Å². The lowest BCUT2D eigenvalue weighted by molar-refractivity contribution is -0.172. The molecule has 2 fully saturated rings. The smallest absolute Gasteiger partial charge is 0.343 e. The Morgan fingerprint density at radius 3 is 2.45 bits per heavy atom. The number of nitrogens with zero attached hydrogens (tertiary/aromatic N) is 1. The Morgan fingerprint density at radius 1 is 1.30 bits per heavy atom. The second-order valence-electron chi connectivity index (χ2n) is 5.55. The molecule has 1 aliphatic heterocycles. The Bertz CT molecular complexity index is 378. The third-order valence-corrected chi connectivity index (χ3v) is 4.05. The Hall–Kier alpha value is -1.27. The molecule has 0 bridgehead atoms. The molecule has 2 rings (SSSR count). The molecule has 0 aromatic carbocycles. The van der Waals surface area contributed by atoms with Crippen molar-refractivity contribution in [1.29, 1.82) is 0 Å². The molecule has 0 aromatic rings. The number of likely N-dealkylation sites (tertiary alicyclic amines) is 1. The fraction of sp³-hybridized carbons (Fsp3) is 0.846. The lowest BCUT2D eigenvalue weighted by Gasteiger charge is -2.27. The Labute approximate surface area is 115 Å². The average molecular weight is 292 g/mol. The maximum Gasteiger partial charge on any atom is 0.408 e. The molecule has 0 radical (unpaired) electrons. The van der Waals surface area contributed by atoms with E-state index in [1.165, 1.54) is 4.90 Å². The summed E-state index contributed by atoms with van der Waals surface area (Å²) >= 11 is 0. The summed E-state index contributed by atoms with van der Waals surface area (Å²) in [6.07, 6.45) is -0.856. The fourth-order valence-corrected chi connectivity index (χ4v) is 3.02. The summed E-state index contributed by atoms with van der Waals surface area (Å²) in [5.74, 6) is -1.41. The Morgan fingerprint density at radius 2 is 1.95 bits per heavy atom. The van der Waals surface area contributed by atoms with Crippen molar-refractivity contribution in [2.75, 3.05) is 13.1 Å². The number of amides is 2. The molecule has 1 saturated carbocycles. The summed E-state index contributed by atoms with van der Waals surface area (Å²) in [5, 5.41) is 2.09. The van der Waals surface area contributed by atoms with Crippen molar-refractivity contribution >= 4 is 11.8 Å². The number of rotatable bonds is 4. The normalized spacial score (nSPS) is 22.4. The van der Waals surface area contributed by atoms with Gasteiger partial charge >= 0.3 is 6.18 Å². The van der Waals surface area contributed by atoms with Crippen LogP contribution in [0.2, 0.25) is 0 Å². The first kappa shape index (κ1) is 15.1. The van der Waals surface area contributed by atoms with E-state index in [1.807, 2.05) is 0 Å². The van der Waals surface area contributed by atoms with Crippen molar-refractivity contribution in [3.05, 3.63) is 0 Å². The molecule has 1 saturated heterocycles. The first-order valence-corrected chi connectivity index (χ1v) is 7.02. The van der Waals surface area contributed by atoms with Crippen molar-refractivity contribution < 1.29 is 22.8 Å². The molecule has 1 N–H and O–H groups in total. The van der Waals surface area contributed by atoms with Crippen LogP contribution >= 0.6 is 0 Å². The van der Waals surface area contributed by atoms with Crippen molar-refractivity contribution in [3.63, 3.8) is 0 Å². The van der Waals surface area contributed by atoms with E-state index < -0.39 is 24.0 Å². The maximum absolute atomic E-state index is 13.0. The predicted molar refractivity (Wildman–Crippen MR) is 65.8 cm³/mol. The third kappa shape index (κ3) is 3.64. The SMILES string of the molecule is O=C(CN1CCCC1=O)N[C@H](C1CCCC1)C(F)(F)F. The van der Waals surface area contributed by atoms with Gasteiger partial charge in [0.05, 0.1) is 6.54 Å². The van der Waals surface area contributed by atoms with E-state index in [-0.39, 0.29) is 12.5 Å². The van der Waals surface area contributed by atoms with Gasteiger partial charge in [0.2, 0.25) is 11.8 Å². The zero-order valence-corrected chi connectivity index (χ0v) is 11.2. The van der Waals surface area contributed by atoms with Gasteiger partial charge in [-0.25, -0.2) is 0 Å². The van der Waals surface area contributed by atoms with Crippen LogP contribution in [-0.4, -0.2) is 42.0 Å². The maximum atomic E-state index is 13.0. The van der Waals surface area contributed by atoms with E-state index >= 15 is 0 Å². The fourth-order valence-electron chi connectivity index (χ4n) is 3.02. The Kier molecular flexibility index (Phi) is 4.55. The summed E-state index contributed by atoms with van der Waals surface area (Å²) in [6, 6.07) is -1.78. The molecule has 1 heterocycles. The van der Waals surface area contributed by atoms with Crippen LogP contribution in [-0.2, 0) is 9.59 Å². The monoisotopic (exact) mass is 292 g/mol. The highest BCUT2D eigenvalue weighted by atomic mass is 19.4. The molecular formula is C13H19F3N2O2. The largest absolute Gasteiger partial charge is 0.408 e. The zero-order chi connectivity index (χ0) is 14.8. The molecular weight excluding hydrogens is 273 g/mol. The summed E-state index contributed by atoms with van der Waals surface area (Å²) in [7, 11) is 0. The molecule has 114 valence electrons. The van der Waals surface area contributed by atoms with Crippen LogP contribution in [0.3, 0.4) is 0 Å². The number of hydrogen-bond acceptors (Lipinski definition) is 2. The van der Waals surface area contributed by atoms with Gasteiger partial charge in [-0.05, 0) is 25.2 Å². The molecule has 7 heteroatoms. The van der Waals surface area contributed by atoms with Crippen molar-refractivity contribution in [1.82, 2.24) is 10.2 Å². The highest BCUT2D eigenvalue weighted by Crippen LogP contribution is 2.35.